The molecule has 0 aromatic rings. The van der Waals surface area contributed by atoms with Crippen LogP contribution in [0.5, 0.6) is 0 Å². The van der Waals surface area contributed by atoms with Crippen molar-refractivity contribution < 1.29 is 9.18 Å². The van der Waals surface area contributed by atoms with Gasteiger partial charge < -0.3 is 5.32 Å². The van der Waals surface area contributed by atoms with E-state index in [-0.39, 0.29) is 34.8 Å². The van der Waals surface area contributed by atoms with Crippen LogP contribution in [0.25, 0.3) is 0 Å². The molecule has 4 unspecified atom stereocenters. The first-order valence-electron chi connectivity index (χ1n) is 9.80. The Morgan fingerprint density at radius 2 is 2.00 bits per heavy atom. The molecule has 0 radical (unpaired) electrons. The molecule has 0 bridgehead atoms. The number of rotatable bonds is 3. The Kier molecular flexibility index (Phi) is 7.46. The maximum atomic E-state index is 13.4. The summed E-state index contributed by atoms with van der Waals surface area (Å²) in [4.78, 5) is 17.4. The Balaban J connectivity index is 1.63. The van der Waals surface area contributed by atoms with Crippen molar-refractivity contribution in [3.63, 3.8) is 0 Å². The SMILES string of the molecule is CC1NC(C(=O)NC(=NC2CCC(F)CC2)NC2CCCC(Cl)C2)CS1. The molecule has 1 heterocycles. The van der Waals surface area contributed by atoms with Crippen LogP contribution in [0.2, 0.25) is 0 Å². The number of carbonyl (C=O) groups excluding carboxylic acids is 1. The van der Waals surface area contributed by atoms with Crippen molar-refractivity contribution in [3.8, 4) is 0 Å². The Morgan fingerprint density at radius 1 is 1.23 bits per heavy atom. The molecule has 0 aromatic heterocycles. The lowest BCUT2D eigenvalue weighted by Crippen LogP contribution is -2.53. The second kappa shape index (κ2) is 9.60. The monoisotopic (exact) mass is 404 g/mol. The van der Waals surface area contributed by atoms with Gasteiger partial charge in [-0.25, -0.2) is 9.38 Å². The Morgan fingerprint density at radius 3 is 2.65 bits per heavy atom. The highest BCUT2D eigenvalue weighted by atomic mass is 35.5. The van der Waals surface area contributed by atoms with E-state index >= 15 is 0 Å². The number of hydrogen-bond donors (Lipinski definition) is 3. The summed E-state index contributed by atoms with van der Waals surface area (Å²) >= 11 is 8.05. The highest BCUT2D eigenvalue weighted by Gasteiger charge is 2.29. The predicted molar refractivity (Wildman–Crippen MR) is 107 cm³/mol. The highest BCUT2D eigenvalue weighted by Crippen LogP contribution is 2.25. The lowest BCUT2D eigenvalue weighted by Gasteiger charge is -2.29. The number of guanidine groups is 1. The third kappa shape index (κ3) is 5.99. The number of alkyl halides is 2. The van der Waals surface area contributed by atoms with Crippen molar-refractivity contribution in [3.05, 3.63) is 0 Å². The molecule has 1 amide bonds. The third-order valence-corrected chi connectivity index (χ3v) is 6.95. The van der Waals surface area contributed by atoms with Crippen LogP contribution in [-0.2, 0) is 4.79 Å². The van der Waals surface area contributed by atoms with Gasteiger partial charge in [-0.15, -0.1) is 23.4 Å². The van der Waals surface area contributed by atoms with Crippen LogP contribution >= 0.6 is 23.4 Å². The number of amides is 1. The van der Waals surface area contributed by atoms with Crippen LogP contribution in [0.1, 0.15) is 58.3 Å². The van der Waals surface area contributed by atoms with Gasteiger partial charge in [-0.3, -0.25) is 15.4 Å². The summed E-state index contributed by atoms with van der Waals surface area (Å²) < 4.78 is 13.4. The lowest BCUT2D eigenvalue weighted by molar-refractivity contribution is -0.121. The fourth-order valence-corrected chi connectivity index (χ4v) is 5.24. The number of thioether (sulfide) groups is 1. The van der Waals surface area contributed by atoms with E-state index in [1.54, 1.807) is 11.8 Å². The minimum atomic E-state index is -0.705. The van der Waals surface area contributed by atoms with Crippen LogP contribution in [0.15, 0.2) is 4.99 Å². The molecule has 1 aliphatic heterocycles. The number of halogens is 2. The standard InChI is InChI=1S/C18H30ClFN4OS/c1-11-21-16(10-26-11)17(25)24-18(22-14-7-5-13(20)6-8-14)23-15-4-2-3-12(19)9-15/h11-16,21H,2-10H2,1H3,(H2,22,23,24,25). The van der Waals surface area contributed by atoms with E-state index in [2.05, 4.69) is 22.9 Å². The molecule has 1 saturated heterocycles. The van der Waals surface area contributed by atoms with Gasteiger partial charge in [-0.1, -0.05) is 0 Å². The van der Waals surface area contributed by atoms with Crippen LogP contribution < -0.4 is 16.0 Å². The Bertz CT molecular complexity index is 515. The van der Waals surface area contributed by atoms with E-state index in [4.69, 9.17) is 16.6 Å². The summed E-state index contributed by atoms with van der Waals surface area (Å²) in [6, 6.07) is 0.105. The molecule has 3 N–H and O–H groups in total. The van der Waals surface area contributed by atoms with Gasteiger partial charge >= 0.3 is 0 Å². The fourth-order valence-electron chi connectivity index (χ4n) is 3.88. The van der Waals surface area contributed by atoms with Crippen LogP contribution in [-0.4, -0.2) is 52.7 Å². The maximum absolute atomic E-state index is 13.4. The lowest BCUT2D eigenvalue weighted by atomic mass is 9.94. The van der Waals surface area contributed by atoms with Gasteiger partial charge in [0.1, 0.15) is 6.17 Å². The number of hydrogen-bond acceptors (Lipinski definition) is 4. The van der Waals surface area contributed by atoms with Gasteiger partial charge in [0.2, 0.25) is 5.91 Å². The van der Waals surface area contributed by atoms with Crippen molar-refractivity contribution >= 4 is 35.2 Å². The van der Waals surface area contributed by atoms with Gasteiger partial charge in [-0.2, -0.15) is 0 Å². The van der Waals surface area contributed by atoms with Crippen LogP contribution in [0.3, 0.4) is 0 Å². The van der Waals surface area contributed by atoms with E-state index in [0.717, 1.165) is 44.3 Å². The normalized spacial score (nSPS) is 38.8. The summed E-state index contributed by atoms with van der Waals surface area (Å²) in [5.41, 5.74) is 0. The molecule has 0 spiro atoms. The zero-order valence-electron chi connectivity index (χ0n) is 15.3. The minimum Gasteiger partial charge on any atom is -0.353 e. The number of carbonyl (C=O) groups is 1. The van der Waals surface area contributed by atoms with E-state index < -0.39 is 6.17 Å². The zero-order valence-corrected chi connectivity index (χ0v) is 16.9. The molecule has 26 heavy (non-hydrogen) atoms. The Labute approximate surface area is 164 Å². The van der Waals surface area contributed by atoms with E-state index in [9.17, 15) is 9.18 Å². The molecular weight excluding hydrogens is 375 g/mol. The second-order valence-corrected chi connectivity index (χ2v) is 9.66. The number of aliphatic imine (C=N–C) groups is 1. The first-order valence-corrected chi connectivity index (χ1v) is 11.3. The maximum Gasteiger partial charge on any atom is 0.244 e. The molecule has 0 aromatic carbocycles. The Hall–Kier alpha value is -0.530. The summed E-state index contributed by atoms with van der Waals surface area (Å²) in [6.07, 6.45) is 5.91. The molecular formula is C18H30ClFN4OS. The van der Waals surface area contributed by atoms with Gasteiger partial charge in [0, 0.05) is 17.2 Å². The van der Waals surface area contributed by atoms with Crippen molar-refractivity contribution in [2.24, 2.45) is 4.99 Å². The fraction of sp³-hybridized carbons (Fsp3) is 0.889. The highest BCUT2D eigenvalue weighted by molar-refractivity contribution is 8.00. The van der Waals surface area contributed by atoms with Crippen molar-refractivity contribution in [2.45, 2.75) is 93.3 Å². The van der Waals surface area contributed by atoms with Crippen molar-refractivity contribution in [2.75, 3.05) is 5.75 Å². The van der Waals surface area contributed by atoms with Crippen LogP contribution in [0.4, 0.5) is 4.39 Å². The summed E-state index contributed by atoms with van der Waals surface area (Å²) in [7, 11) is 0. The molecule has 5 nitrogen and oxygen atoms in total. The predicted octanol–water partition coefficient (Wildman–Crippen LogP) is 2.93. The van der Waals surface area contributed by atoms with Gasteiger partial charge in [0.25, 0.3) is 0 Å². The number of nitrogens with one attached hydrogen (secondary N) is 3. The molecule has 8 heteroatoms. The van der Waals surface area contributed by atoms with Gasteiger partial charge in [0.05, 0.1) is 17.5 Å². The molecule has 148 valence electrons. The summed E-state index contributed by atoms with van der Waals surface area (Å²) in [5.74, 6) is 1.25. The van der Waals surface area contributed by atoms with Crippen molar-refractivity contribution in [1.82, 2.24) is 16.0 Å². The molecule has 4 atom stereocenters. The average Bonchev–Trinajstić information content (AvgIpc) is 3.03. The van der Waals surface area contributed by atoms with E-state index in [0.29, 0.717) is 18.8 Å². The molecule has 3 fully saturated rings. The average molecular weight is 405 g/mol. The first kappa shape index (κ1) is 20.2. The molecule has 2 saturated carbocycles. The smallest absolute Gasteiger partial charge is 0.244 e. The topological polar surface area (TPSA) is 65.5 Å². The van der Waals surface area contributed by atoms with Crippen LogP contribution in [0, 0.1) is 0 Å². The van der Waals surface area contributed by atoms with Crippen molar-refractivity contribution in [1.29, 1.82) is 0 Å². The van der Waals surface area contributed by atoms with E-state index in [1.165, 1.54) is 0 Å². The molecule has 2 aliphatic carbocycles. The van der Waals surface area contributed by atoms with Gasteiger partial charge in [0.15, 0.2) is 5.96 Å². The summed E-state index contributed by atoms with van der Waals surface area (Å²) in [6.45, 7) is 2.06. The molecule has 3 aliphatic rings. The largest absolute Gasteiger partial charge is 0.353 e. The number of nitrogens with zero attached hydrogens (tertiary/aromatic N) is 1. The third-order valence-electron chi connectivity index (χ3n) is 5.40. The molecule has 3 rings (SSSR count). The zero-order chi connectivity index (χ0) is 18.5. The second-order valence-electron chi connectivity index (χ2n) is 7.67. The quantitative estimate of drug-likeness (QED) is 0.384. The first-order chi connectivity index (χ1) is 12.5. The minimum absolute atomic E-state index is 0.0505. The van der Waals surface area contributed by atoms with Gasteiger partial charge in [-0.05, 0) is 58.3 Å². The summed E-state index contributed by atoms with van der Waals surface area (Å²) in [5, 5.41) is 10.1. The van der Waals surface area contributed by atoms with E-state index in [1.807, 2.05) is 0 Å².